The van der Waals surface area contributed by atoms with Crippen molar-refractivity contribution in [2.24, 2.45) is 0 Å². The van der Waals surface area contributed by atoms with Gasteiger partial charge in [0, 0.05) is 0 Å². The maximum atomic E-state index is 8.12. The first kappa shape index (κ1) is 7.48. The van der Waals surface area contributed by atoms with Crippen molar-refractivity contribution >= 4 is 0 Å². The lowest BCUT2D eigenvalue weighted by Gasteiger charge is -2.10. The molecule has 0 aromatic rings. The van der Waals surface area contributed by atoms with E-state index in [0.29, 0.717) is 0 Å². The van der Waals surface area contributed by atoms with Crippen molar-refractivity contribution in [1.82, 2.24) is 0 Å². The summed E-state index contributed by atoms with van der Waals surface area (Å²) in [4.78, 5) is 4.00. The van der Waals surface area contributed by atoms with Crippen molar-refractivity contribution in [2.45, 2.75) is 26.4 Å². The van der Waals surface area contributed by atoms with Crippen LogP contribution in [0.1, 0.15) is 20.8 Å². The highest BCUT2D eigenvalue weighted by Gasteiger charge is 2.12. The Labute approximate surface area is 49.4 Å². The highest BCUT2D eigenvalue weighted by atomic mass is 17.1. The maximum Gasteiger partial charge on any atom is 0.157 e. The van der Waals surface area contributed by atoms with Crippen molar-refractivity contribution in [1.29, 1.82) is 0 Å². The van der Waals surface area contributed by atoms with E-state index in [9.17, 15) is 0 Å². The molecule has 0 saturated carbocycles. The minimum absolute atomic E-state index is 0.714. The van der Waals surface area contributed by atoms with E-state index in [0.717, 1.165) is 0 Å². The van der Waals surface area contributed by atoms with Crippen LogP contribution in [0.25, 0.3) is 0 Å². The predicted molar refractivity (Wildman–Crippen MR) is 31.2 cm³/mol. The van der Waals surface area contributed by atoms with Gasteiger partial charge in [-0.05, 0) is 20.8 Å². The Morgan fingerprint density at radius 2 is 2.00 bits per heavy atom. The van der Waals surface area contributed by atoms with Crippen LogP contribution in [-0.4, -0.2) is 10.9 Å². The van der Waals surface area contributed by atoms with Gasteiger partial charge in [0.05, 0.1) is 0 Å². The van der Waals surface area contributed by atoms with Gasteiger partial charge in [-0.15, -0.1) is 5.92 Å². The van der Waals surface area contributed by atoms with Crippen LogP contribution in [0.15, 0.2) is 0 Å². The minimum atomic E-state index is -0.714. The number of hydrogen-bond acceptors (Lipinski definition) is 2. The fourth-order valence-corrected chi connectivity index (χ4v) is 0.324. The molecule has 0 amide bonds. The van der Waals surface area contributed by atoms with Crippen LogP contribution in [0.4, 0.5) is 0 Å². The second-order valence-corrected chi connectivity index (χ2v) is 1.98. The van der Waals surface area contributed by atoms with Gasteiger partial charge in [-0.1, -0.05) is 5.92 Å². The summed E-state index contributed by atoms with van der Waals surface area (Å²) < 4.78 is 0. The molecule has 0 aromatic heterocycles. The molecular formula is C6H10O2. The Kier molecular flexibility index (Phi) is 2.53. The van der Waals surface area contributed by atoms with Crippen molar-refractivity contribution in [3.63, 3.8) is 0 Å². The summed E-state index contributed by atoms with van der Waals surface area (Å²) in [6.07, 6.45) is 0. The molecule has 0 unspecified atom stereocenters. The van der Waals surface area contributed by atoms with Crippen molar-refractivity contribution in [3.8, 4) is 11.8 Å². The van der Waals surface area contributed by atoms with E-state index in [1.165, 1.54) is 0 Å². The Morgan fingerprint density at radius 1 is 1.50 bits per heavy atom. The lowest BCUT2D eigenvalue weighted by molar-refractivity contribution is -0.293. The van der Waals surface area contributed by atoms with Crippen LogP contribution >= 0.6 is 0 Å². The second kappa shape index (κ2) is 2.71. The molecule has 0 aliphatic carbocycles. The second-order valence-electron chi connectivity index (χ2n) is 1.98. The van der Waals surface area contributed by atoms with Crippen LogP contribution in [0.2, 0.25) is 0 Å². The first-order valence-electron chi connectivity index (χ1n) is 2.39. The summed E-state index contributed by atoms with van der Waals surface area (Å²) >= 11 is 0. The summed E-state index contributed by atoms with van der Waals surface area (Å²) in [7, 11) is 0. The molecule has 2 nitrogen and oxygen atoms in total. The van der Waals surface area contributed by atoms with Gasteiger partial charge in [0.2, 0.25) is 0 Å². The van der Waals surface area contributed by atoms with Gasteiger partial charge in [0.1, 0.15) is 0 Å². The zero-order valence-corrected chi connectivity index (χ0v) is 5.36. The van der Waals surface area contributed by atoms with Crippen LogP contribution in [0.5, 0.6) is 0 Å². The normalized spacial score (nSPS) is 10.0. The quantitative estimate of drug-likeness (QED) is 0.316. The van der Waals surface area contributed by atoms with Gasteiger partial charge in [-0.2, -0.15) is 0 Å². The van der Waals surface area contributed by atoms with E-state index in [1.807, 2.05) is 0 Å². The highest BCUT2D eigenvalue weighted by molar-refractivity contribution is 5.08. The molecule has 0 heterocycles. The molecule has 0 aliphatic rings. The molecule has 46 valence electrons. The van der Waals surface area contributed by atoms with Crippen LogP contribution < -0.4 is 0 Å². The van der Waals surface area contributed by atoms with E-state index >= 15 is 0 Å². The highest BCUT2D eigenvalue weighted by Crippen LogP contribution is 2.02. The van der Waals surface area contributed by atoms with E-state index in [1.54, 1.807) is 20.8 Å². The molecule has 2 heteroatoms. The molecule has 0 bridgehead atoms. The van der Waals surface area contributed by atoms with Gasteiger partial charge >= 0.3 is 0 Å². The van der Waals surface area contributed by atoms with Gasteiger partial charge in [-0.3, -0.25) is 5.26 Å². The Hall–Kier alpha value is -0.520. The number of rotatable bonds is 1. The summed E-state index contributed by atoms with van der Waals surface area (Å²) in [5.41, 5.74) is -0.714. The molecule has 0 rings (SSSR count). The monoisotopic (exact) mass is 114 g/mol. The fraction of sp³-hybridized carbons (Fsp3) is 0.667. The third-order valence-corrected chi connectivity index (χ3v) is 0.654. The Morgan fingerprint density at radius 3 is 2.12 bits per heavy atom. The largest absolute Gasteiger partial charge is 0.250 e. The van der Waals surface area contributed by atoms with Crippen LogP contribution in [0.3, 0.4) is 0 Å². The average molecular weight is 114 g/mol. The molecule has 0 spiro atoms. The third-order valence-electron chi connectivity index (χ3n) is 0.654. The molecule has 0 aliphatic heterocycles. The summed E-state index contributed by atoms with van der Waals surface area (Å²) in [6, 6.07) is 0. The minimum Gasteiger partial charge on any atom is -0.250 e. The summed E-state index contributed by atoms with van der Waals surface area (Å²) in [5.74, 6) is 5.27. The molecule has 0 fully saturated rings. The van der Waals surface area contributed by atoms with Gasteiger partial charge in [0.25, 0.3) is 0 Å². The summed E-state index contributed by atoms with van der Waals surface area (Å²) in [6.45, 7) is 5.06. The maximum absolute atomic E-state index is 8.12. The van der Waals surface area contributed by atoms with Gasteiger partial charge in [-0.25, -0.2) is 4.89 Å². The van der Waals surface area contributed by atoms with E-state index in [4.69, 9.17) is 5.26 Å². The SMILES string of the molecule is CC#CC(C)(C)OO. The Bertz CT molecular complexity index is 116. The lowest BCUT2D eigenvalue weighted by atomic mass is 10.1. The molecule has 0 atom stereocenters. The van der Waals surface area contributed by atoms with E-state index in [2.05, 4.69) is 16.7 Å². The number of hydrogen-bond donors (Lipinski definition) is 1. The zero-order chi connectivity index (χ0) is 6.62. The molecule has 0 saturated heterocycles. The zero-order valence-electron chi connectivity index (χ0n) is 5.36. The molecular weight excluding hydrogens is 104 g/mol. The third kappa shape index (κ3) is 2.62. The van der Waals surface area contributed by atoms with E-state index in [-0.39, 0.29) is 0 Å². The fourth-order valence-electron chi connectivity index (χ4n) is 0.324. The van der Waals surface area contributed by atoms with Crippen molar-refractivity contribution < 1.29 is 10.1 Å². The van der Waals surface area contributed by atoms with Crippen LogP contribution in [-0.2, 0) is 4.89 Å². The topological polar surface area (TPSA) is 29.5 Å². The summed E-state index contributed by atoms with van der Waals surface area (Å²) in [5, 5.41) is 8.12. The molecule has 0 radical (unpaired) electrons. The standard InChI is InChI=1S/C6H10O2/c1-4-5-6(2,3)8-7/h7H,1-3H3. The average Bonchev–Trinajstić information content (AvgIpc) is 1.67. The van der Waals surface area contributed by atoms with Crippen molar-refractivity contribution in [3.05, 3.63) is 0 Å². The smallest absolute Gasteiger partial charge is 0.157 e. The Balaban J connectivity index is 3.85. The lowest BCUT2D eigenvalue weighted by Crippen LogP contribution is -2.19. The predicted octanol–water partition coefficient (Wildman–Crippen LogP) is 1.28. The molecule has 0 aromatic carbocycles. The van der Waals surface area contributed by atoms with Crippen LogP contribution in [0, 0.1) is 11.8 Å². The first-order valence-corrected chi connectivity index (χ1v) is 2.39. The van der Waals surface area contributed by atoms with E-state index < -0.39 is 5.60 Å². The molecule has 8 heavy (non-hydrogen) atoms. The van der Waals surface area contributed by atoms with Crippen molar-refractivity contribution in [2.75, 3.05) is 0 Å². The van der Waals surface area contributed by atoms with Gasteiger partial charge < -0.3 is 0 Å². The first-order chi connectivity index (χ1) is 3.62. The molecule has 1 N–H and O–H groups in total. The van der Waals surface area contributed by atoms with Gasteiger partial charge in [0.15, 0.2) is 5.60 Å².